The topological polar surface area (TPSA) is 49.3 Å². The summed E-state index contributed by atoms with van der Waals surface area (Å²) in [6.07, 6.45) is 6.30. The Balaban J connectivity index is 1.61. The van der Waals surface area contributed by atoms with E-state index in [1.807, 2.05) is 18.2 Å². The van der Waals surface area contributed by atoms with Gasteiger partial charge in [-0.15, -0.1) is 0 Å². The highest BCUT2D eigenvalue weighted by atomic mass is 16.3. The van der Waals surface area contributed by atoms with E-state index in [-0.39, 0.29) is 23.5 Å². The monoisotopic (exact) mass is 273 g/mol. The molecule has 0 heterocycles. The molecule has 3 heteroatoms. The lowest BCUT2D eigenvalue weighted by Crippen LogP contribution is -2.48. The number of hydrogen-bond donors (Lipinski definition) is 2. The van der Waals surface area contributed by atoms with Gasteiger partial charge in [-0.1, -0.05) is 43.2 Å². The molecule has 2 unspecified atom stereocenters. The predicted octanol–water partition coefficient (Wildman–Crippen LogP) is 2.43. The van der Waals surface area contributed by atoms with E-state index in [2.05, 4.69) is 17.4 Å². The molecule has 0 saturated heterocycles. The van der Waals surface area contributed by atoms with Gasteiger partial charge in [0.05, 0.1) is 17.6 Å². The molecule has 2 fully saturated rings. The van der Waals surface area contributed by atoms with Crippen molar-refractivity contribution in [2.75, 3.05) is 0 Å². The van der Waals surface area contributed by atoms with Crippen LogP contribution in [0.3, 0.4) is 0 Å². The summed E-state index contributed by atoms with van der Waals surface area (Å²) in [5, 5.41) is 13.1. The quantitative estimate of drug-likeness (QED) is 0.885. The summed E-state index contributed by atoms with van der Waals surface area (Å²) in [4.78, 5) is 12.5. The summed E-state index contributed by atoms with van der Waals surface area (Å²) in [7, 11) is 0. The third kappa shape index (κ3) is 2.88. The minimum Gasteiger partial charge on any atom is -0.391 e. The van der Waals surface area contributed by atoms with Crippen LogP contribution in [-0.4, -0.2) is 23.2 Å². The maximum Gasteiger partial charge on any atom is 0.226 e. The van der Waals surface area contributed by atoms with E-state index < -0.39 is 0 Å². The van der Waals surface area contributed by atoms with E-state index in [9.17, 15) is 9.90 Å². The van der Waals surface area contributed by atoms with Crippen LogP contribution < -0.4 is 5.32 Å². The zero-order valence-electron chi connectivity index (χ0n) is 11.8. The standard InChI is InChI=1S/C17H23NO2/c19-15-9-5-4-8-14(15)18-16(20)17(10-11-17)12-13-6-2-1-3-7-13/h1-3,6-7,14-15,19H,4-5,8-12H2,(H,18,20). The van der Waals surface area contributed by atoms with E-state index in [0.29, 0.717) is 0 Å². The fraction of sp³-hybridized carbons (Fsp3) is 0.588. The highest BCUT2D eigenvalue weighted by Crippen LogP contribution is 2.48. The normalized spacial score (nSPS) is 27.9. The molecule has 1 amide bonds. The van der Waals surface area contributed by atoms with Gasteiger partial charge in [0.1, 0.15) is 0 Å². The van der Waals surface area contributed by atoms with Crippen molar-refractivity contribution < 1.29 is 9.90 Å². The van der Waals surface area contributed by atoms with Crippen LogP contribution in [0.25, 0.3) is 0 Å². The second kappa shape index (κ2) is 5.57. The molecular formula is C17H23NO2. The van der Waals surface area contributed by atoms with Crippen molar-refractivity contribution in [1.29, 1.82) is 0 Å². The van der Waals surface area contributed by atoms with Crippen LogP contribution in [0.1, 0.15) is 44.1 Å². The van der Waals surface area contributed by atoms with Crippen LogP contribution in [0.2, 0.25) is 0 Å². The zero-order chi connectivity index (χ0) is 14.0. The molecule has 3 nitrogen and oxygen atoms in total. The molecule has 20 heavy (non-hydrogen) atoms. The molecule has 108 valence electrons. The lowest BCUT2D eigenvalue weighted by Gasteiger charge is -2.30. The number of carbonyl (C=O) groups is 1. The van der Waals surface area contributed by atoms with Crippen molar-refractivity contribution in [3.8, 4) is 0 Å². The summed E-state index contributed by atoms with van der Waals surface area (Å²) in [6, 6.07) is 10.2. The molecule has 1 aromatic rings. The second-order valence-corrected chi connectivity index (χ2v) is 6.37. The Bertz CT molecular complexity index is 467. The number of aliphatic hydroxyl groups excluding tert-OH is 1. The summed E-state index contributed by atoms with van der Waals surface area (Å²) in [5.74, 6) is 0.146. The zero-order valence-corrected chi connectivity index (χ0v) is 11.8. The van der Waals surface area contributed by atoms with E-state index in [1.165, 1.54) is 5.56 Å². The van der Waals surface area contributed by atoms with Crippen LogP contribution in [0.4, 0.5) is 0 Å². The van der Waals surface area contributed by atoms with Gasteiger partial charge in [-0.3, -0.25) is 4.79 Å². The highest BCUT2D eigenvalue weighted by molar-refractivity contribution is 5.86. The maximum absolute atomic E-state index is 12.5. The molecule has 0 aliphatic heterocycles. The molecule has 0 bridgehead atoms. The average Bonchev–Trinajstić information content (AvgIpc) is 3.23. The second-order valence-electron chi connectivity index (χ2n) is 6.37. The first kappa shape index (κ1) is 13.6. The fourth-order valence-electron chi connectivity index (χ4n) is 3.22. The Morgan fingerprint density at radius 3 is 2.55 bits per heavy atom. The number of nitrogens with one attached hydrogen (secondary N) is 1. The predicted molar refractivity (Wildman–Crippen MR) is 78.2 cm³/mol. The molecule has 0 radical (unpaired) electrons. The SMILES string of the molecule is O=C(NC1CCCCC1O)C1(Cc2ccccc2)CC1. The highest BCUT2D eigenvalue weighted by Gasteiger charge is 2.50. The number of carbonyl (C=O) groups excluding carboxylic acids is 1. The Labute approximate surface area is 120 Å². The van der Waals surface area contributed by atoms with Crippen molar-refractivity contribution in [2.24, 2.45) is 5.41 Å². The third-order valence-corrected chi connectivity index (χ3v) is 4.77. The van der Waals surface area contributed by atoms with Crippen molar-refractivity contribution in [3.05, 3.63) is 35.9 Å². The number of hydrogen-bond acceptors (Lipinski definition) is 2. The summed E-state index contributed by atoms with van der Waals surface area (Å²) < 4.78 is 0. The first-order valence-corrected chi connectivity index (χ1v) is 7.73. The molecule has 2 aliphatic carbocycles. The van der Waals surface area contributed by atoms with Gasteiger partial charge in [-0.05, 0) is 37.7 Å². The van der Waals surface area contributed by atoms with Crippen molar-refractivity contribution in [3.63, 3.8) is 0 Å². The third-order valence-electron chi connectivity index (χ3n) is 4.77. The van der Waals surface area contributed by atoms with Crippen LogP contribution in [0.15, 0.2) is 30.3 Å². The molecule has 0 aromatic heterocycles. The maximum atomic E-state index is 12.5. The summed E-state index contributed by atoms with van der Waals surface area (Å²) >= 11 is 0. The van der Waals surface area contributed by atoms with Gasteiger partial charge in [0.25, 0.3) is 0 Å². The van der Waals surface area contributed by atoms with Gasteiger partial charge in [0.15, 0.2) is 0 Å². The molecule has 0 spiro atoms. The van der Waals surface area contributed by atoms with Crippen molar-refractivity contribution in [2.45, 2.75) is 57.1 Å². The molecule has 2 N–H and O–H groups in total. The Morgan fingerprint density at radius 2 is 1.90 bits per heavy atom. The Morgan fingerprint density at radius 1 is 1.20 bits per heavy atom. The van der Waals surface area contributed by atoms with Crippen LogP contribution in [0.5, 0.6) is 0 Å². The average molecular weight is 273 g/mol. The molecule has 2 atom stereocenters. The fourth-order valence-corrected chi connectivity index (χ4v) is 3.22. The first-order chi connectivity index (χ1) is 9.70. The van der Waals surface area contributed by atoms with Gasteiger partial charge in [-0.2, -0.15) is 0 Å². The molecule has 2 saturated carbocycles. The van der Waals surface area contributed by atoms with Gasteiger partial charge in [-0.25, -0.2) is 0 Å². The van der Waals surface area contributed by atoms with Crippen molar-refractivity contribution in [1.82, 2.24) is 5.32 Å². The molecule has 3 rings (SSSR count). The minimum atomic E-state index is -0.361. The molecule has 2 aliphatic rings. The molecule has 1 aromatic carbocycles. The Kier molecular flexibility index (Phi) is 3.79. The number of amides is 1. The number of benzene rings is 1. The smallest absolute Gasteiger partial charge is 0.226 e. The van der Waals surface area contributed by atoms with Crippen molar-refractivity contribution >= 4 is 5.91 Å². The summed E-state index contributed by atoms with van der Waals surface area (Å²) in [5.41, 5.74) is 1.02. The molecular weight excluding hydrogens is 250 g/mol. The van der Waals surface area contributed by atoms with E-state index in [4.69, 9.17) is 0 Å². The van der Waals surface area contributed by atoms with E-state index in [0.717, 1.165) is 44.9 Å². The van der Waals surface area contributed by atoms with Crippen LogP contribution in [-0.2, 0) is 11.2 Å². The van der Waals surface area contributed by atoms with Crippen LogP contribution in [0, 0.1) is 5.41 Å². The largest absolute Gasteiger partial charge is 0.391 e. The van der Waals surface area contributed by atoms with E-state index in [1.54, 1.807) is 0 Å². The van der Waals surface area contributed by atoms with Gasteiger partial charge < -0.3 is 10.4 Å². The van der Waals surface area contributed by atoms with Crippen LogP contribution >= 0.6 is 0 Å². The minimum absolute atomic E-state index is 0.0375. The summed E-state index contributed by atoms with van der Waals surface area (Å²) in [6.45, 7) is 0. The lowest BCUT2D eigenvalue weighted by molar-refractivity contribution is -0.128. The number of rotatable bonds is 4. The van der Waals surface area contributed by atoms with Gasteiger partial charge >= 0.3 is 0 Å². The lowest BCUT2D eigenvalue weighted by atomic mass is 9.90. The first-order valence-electron chi connectivity index (χ1n) is 7.73. The Hall–Kier alpha value is -1.35. The number of aliphatic hydroxyl groups is 1. The van der Waals surface area contributed by atoms with Gasteiger partial charge in [0.2, 0.25) is 5.91 Å². The van der Waals surface area contributed by atoms with E-state index >= 15 is 0 Å². The van der Waals surface area contributed by atoms with Gasteiger partial charge in [0, 0.05) is 0 Å².